The third kappa shape index (κ3) is 3.23. The molecule has 0 fully saturated rings. The lowest BCUT2D eigenvalue weighted by Gasteiger charge is -2.21. The molecule has 0 atom stereocenters. The number of rotatable bonds is 4. The first-order chi connectivity index (χ1) is 9.49. The van der Waals surface area contributed by atoms with E-state index >= 15 is 0 Å². The predicted octanol–water partition coefficient (Wildman–Crippen LogP) is 3.53. The molecule has 0 unspecified atom stereocenters. The van der Waals surface area contributed by atoms with Crippen LogP contribution in [0.3, 0.4) is 0 Å². The molecule has 0 spiro atoms. The lowest BCUT2D eigenvalue weighted by Crippen LogP contribution is -2.17. The molecular weight excluding hydrogens is 248 g/mol. The molecule has 0 radical (unpaired) electrons. The highest BCUT2D eigenvalue weighted by Gasteiger charge is 2.07. The summed E-state index contributed by atoms with van der Waals surface area (Å²) in [5, 5.41) is 0. The van der Waals surface area contributed by atoms with Crippen molar-refractivity contribution in [1.82, 2.24) is 0 Å². The van der Waals surface area contributed by atoms with E-state index in [1.54, 1.807) is 7.11 Å². The van der Waals surface area contributed by atoms with Crippen LogP contribution in [-0.4, -0.2) is 14.2 Å². The lowest BCUT2D eigenvalue weighted by molar-refractivity contribution is 0.414. The van der Waals surface area contributed by atoms with Crippen LogP contribution in [0.5, 0.6) is 5.75 Å². The number of hydrogen-bond donors (Lipinski definition) is 1. The van der Waals surface area contributed by atoms with Crippen LogP contribution >= 0.6 is 0 Å². The molecule has 0 saturated carbocycles. The van der Waals surface area contributed by atoms with Gasteiger partial charge in [-0.15, -0.1) is 0 Å². The van der Waals surface area contributed by atoms with E-state index in [-0.39, 0.29) is 0 Å². The minimum atomic E-state index is 0.756. The van der Waals surface area contributed by atoms with Crippen LogP contribution < -0.4 is 15.4 Å². The largest absolute Gasteiger partial charge is 0.497 e. The first-order valence-corrected chi connectivity index (χ1v) is 6.71. The maximum Gasteiger partial charge on any atom is 0.119 e. The SMILES string of the molecule is COc1ccc(N)c(CN(C)c2cc(C)cc(C)c2)c1. The second-order valence-electron chi connectivity index (χ2n) is 5.27. The zero-order valence-electron chi connectivity index (χ0n) is 12.6. The molecule has 106 valence electrons. The molecule has 0 aliphatic carbocycles. The number of nitrogens with two attached hydrogens (primary N) is 1. The average molecular weight is 270 g/mol. The van der Waals surface area contributed by atoms with E-state index in [9.17, 15) is 0 Å². The van der Waals surface area contributed by atoms with Crippen LogP contribution in [0.1, 0.15) is 16.7 Å². The van der Waals surface area contributed by atoms with E-state index in [1.165, 1.54) is 16.8 Å². The van der Waals surface area contributed by atoms with Crippen molar-refractivity contribution in [2.45, 2.75) is 20.4 Å². The molecule has 3 heteroatoms. The van der Waals surface area contributed by atoms with Gasteiger partial charge in [-0.3, -0.25) is 0 Å². The Bertz CT molecular complexity index is 588. The second kappa shape index (κ2) is 5.87. The van der Waals surface area contributed by atoms with E-state index in [1.807, 2.05) is 18.2 Å². The maximum absolute atomic E-state index is 6.05. The molecule has 0 bridgehead atoms. The van der Waals surface area contributed by atoms with Gasteiger partial charge in [-0.25, -0.2) is 0 Å². The van der Waals surface area contributed by atoms with Gasteiger partial charge in [0.05, 0.1) is 7.11 Å². The summed E-state index contributed by atoms with van der Waals surface area (Å²) in [6, 6.07) is 12.3. The number of hydrogen-bond acceptors (Lipinski definition) is 3. The molecule has 2 rings (SSSR count). The molecule has 0 aliphatic heterocycles. The Morgan fingerprint density at radius 1 is 1.05 bits per heavy atom. The van der Waals surface area contributed by atoms with Crippen LogP contribution in [0, 0.1) is 13.8 Å². The van der Waals surface area contributed by atoms with Gasteiger partial charge >= 0.3 is 0 Å². The summed E-state index contributed by atoms with van der Waals surface area (Å²) >= 11 is 0. The molecule has 2 aromatic rings. The monoisotopic (exact) mass is 270 g/mol. The fourth-order valence-electron chi connectivity index (χ4n) is 2.36. The summed E-state index contributed by atoms with van der Waals surface area (Å²) in [7, 11) is 3.75. The van der Waals surface area contributed by atoms with E-state index in [2.05, 4.69) is 44.0 Å². The second-order valence-corrected chi connectivity index (χ2v) is 5.27. The summed E-state index contributed by atoms with van der Waals surface area (Å²) in [6.45, 7) is 4.99. The normalized spacial score (nSPS) is 10.4. The Kier molecular flexibility index (Phi) is 4.18. The molecule has 0 heterocycles. The third-order valence-electron chi connectivity index (χ3n) is 3.40. The highest BCUT2D eigenvalue weighted by atomic mass is 16.5. The smallest absolute Gasteiger partial charge is 0.119 e. The highest BCUT2D eigenvalue weighted by molar-refractivity contribution is 5.55. The van der Waals surface area contributed by atoms with Crippen molar-refractivity contribution in [3.63, 3.8) is 0 Å². The van der Waals surface area contributed by atoms with Gasteiger partial charge in [-0.1, -0.05) is 6.07 Å². The van der Waals surface area contributed by atoms with Crippen molar-refractivity contribution in [3.8, 4) is 5.75 Å². The van der Waals surface area contributed by atoms with Crippen molar-refractivity contribution in [3.05, 3.63) is 53.1 Å². The van der Waals surface area contributed by atoms with Gasteiger partial charge in [0.25, 0.3) is 0 Å². The van der Waals surface area contributed by atoms with Crippen LogP contribution in [0.25, 0.3) is 0 Å². The van der Waals surface area contributed by atoms with Crippen molar-refractivity contribution in [2.75, 3.05) is 24.8 Å². The topological polar surface area (TPSA) is 38.5 Å². The fraction of sp³-hybridized carbons (Fsp3) is 0.294. The van der Waals surface area contributed by atoms with Crippen molar-refractivity contribution in [2.24, 2.45) is 0 Å². The van der Waals surface area contributed by atoms with Gasteiger partial charge in [0.1, 0.15) is 5.75 Å². The molecule has 20 heavy (non-hydrogen) atoms. The van der Waals surface area contributed by atoms with Gasteiger partial charge < -0.3 is 15.4 Å². The minimum Gasteiger partial charge on any atom is -0.497 e. The maximum atomic E-state index is 6.05. The fourth-order valence-corrected chi connectivity index (χ4v) is 2.36. The number of nitrogen functional groups attached to an aromatic ring is 1. The first kappa shape index (κ1) is 14.3. The molecule has 2 aromatic carbocycles. The lowest BCUT2D eigenvalue weighted by atomic mass is 10.1. The highest BCUT2D eigenvalue weighted by Crippen LogP contribution is 2.24. The van der Waals surface area contributed by atoms with E-state index in [4.69, 9.17) is 10.5 Å². The summed E-state index contributed by atoms with van der Waals surface area (Å²) < 4.78 is 5.26. The molecular formula is C17H22N2O. The average Bonchev–Trinajstić information content (AvgIpc) is 2.40. The molecule has 0 aliphatic rings. The van der Waals surface area contributed by atoms with Gasteiger partial charge in [0.15, 0.2) is 0 Å². The molecule has 2 N–H and O–H groups in total. The summed E-state index contributed by atoms with van der Waals surface area (Å²) in [5.74, 6) is 0.836. The Morgan fingerprint density at radius 3 is 2.30 bits per heavy atom. The molecule has 0 aromatic heterocycles. The number of aryl methyl sites for hydroxylation is 2. The van der Waals surface area contributed by atoms with Crippen LogP contribution in [0.4, 0.5) is 11.4 Å². The predicted molar refractivity (Wildman–Crippen MR) is 85.4 cm³/mol. The van der Waals surface area contributed by atoms with Crippen molar-refractivity contribution >= 4 is 11.4 Å². The van der Waals surface area contributed by atoms with Crippen LogP contribution in [0.15, 0.2) is 36.4 Å². The number of benzene rings is 2. The van der Waals surface area contributed by atoms with Crippen molar-refractivity contribution in [1.29, 1.82) is 0 Å². The Labute approximate surface area is 121 Å². The summed E-state index contributed by atoms with van der Waals surface area (Å²) in [5.41, 5.74) is 11.7. The van der Waals surface area contributed by atoms with Gasteiger partial charge in [-0.05, 0) is 60.9 Å². The van der Waals surface area contributed by atoms with E-state index < -0.39 is 0 Å². The summed E-state index contributed by atoms with van der Waals surface area (Å²) in [6.07, 6.45) is 0. The van der Waals surface area contributed by atoms with Gasteiger partial charge in [0.2, 0.25) is 0 Å². The standard InChI is InChI=1S/C17H22N2O/c1-12-7-13(2)9-15(8-12)19(3)11-14-10-16(20-4)5-6-17(14)18/h5-10H,11,18H2,1-4H3. The number of methoxy groups -OCH3 is 1. The van der Waals surface area contributed by atoms with Crippen molar-refractivity contribution < 1.29 is 4.74 Å². The molecule has 0 saturated heterocycles. The van der Waals surface area contributed by atoms with E-state index in [0.717, 1.165) is 23.5 Å². The Balaban J connectivity index is 2.24. The van der Waals surface area contributed by atoms with Gasteiger partial charge in [0, 0.05) is 25.0 Å². The van der Waals surface area contributed by atoms with E-state index in [0.29, 0.717) is 0 Å². The Hall–Kier alpha value is -2.16. The number of ether oxygens (including phenoxy) is 1. The zero-order valence-corrected chi connectivity index (χ0v) is 12.6. The Morgan fingerprint density at radius 2 is 1.70 bits per heavy atom. The third-order valence-corrected chi connectivity index (χ3v) is 3.40. The number of anilines is 2. The van der Waals surface area contributed by atoms with Crippen LogP contribution in [0.2, 0.25) is 0 Å². The zero-order chi connectivity index (χ0) is 14.7. The number of nitrogens with zero attached hydrogens (tertiary/aromatic N) is 1. The van der Waals surface area contributed by atoms with Gasteiger partial charge in [-0.2, -0.15) is 0 Å². The molecule has 0 amide bonds. The van der Waals surface area contributed by atoms with Crippen LogP contribution in [-0.2, 0) is 6.54 Å². The minimum absolute atomic E-state index is 0.756. The summed E-state index contributed by atoms with van der Waals surface area (Å²) in [4.78, 5) is 2.20. The molecule has 3 nitrogen and oxygen atoms in total. The first-order valence-electron chi connectivity index (χ1n) is 6.71. The quantitative estimate of drug-likeness (QED) is 0.864.